The predicted molar refractivity (Wildman–Crippen MR) is 100 cm³/mol. The Morgan fingerprint density at radius 2 is 1.78 bits per heavy atom. The lowest BCUT2D eigenvalue weighted by molar-refractivity contribution is -0.122. The maximum atomic E-state index is 11.9. The van der Waals surface area contributed by atoms with Gasteiger partial charge in [-0.15, -0.1) is 10.2 Å². The van der Waals surface area contributed by atoms with Crippen molar-refractivity contribution >= 4 is 40.8 Å². The average Bonchev–Trinajstić information content (AvgIpc) is 3.11. The molecule has 9 nitrogen and oxygen atoms in total. The fourth-order valence-corrected chi connectivity index (χ4v) is 2.46. The van der Waals surface area contributed by atoms with E-state index in [4.69, 9.17) is 23.2 Å². The largest absolute Gasteiger partial charge is 0.337 e. The van der Waals surface area contributed by atoms with E-state index >= 15 is 0 Å². The Morgan fingerprint density at radius 3 is 2.56 bits per heavy atom. The molecular weight excluding hydrogens is 393 g/mol. The second-order valence-electron chi connectivity index (χ2n) is 5.24. The van der Waals surface area contributed by atoms with Crippen LogP contribution in [0.4, 0.5) is 10.5 Å². The molecule has 0 aliphatic carbocycles. The topological polar surface area (TPSA) is 114 Å². The Labute approximate surface area is 163 Å². The number of para-hydroxylation sites is 1. The van der Waals surface area contributed by atoms with Gasteiger partial charge in [-0.05, 0) is 29.5 Å². The molecule has 0 fully saturated rings. The van der Waals surface area contributed by atoms with Gasteiger partial charge >= 0.3 is 6.03 Å². The van der Waals surface area contributed by atoms with E-state index in [1.54, 1.807) is 42.5 Å². The molecule has 0 aliphatic rings. The number of aromatic nitrogens is 4. The Hall–Kier alpha value is -3.17. The number of benzene rings is 2. The summed E-state index contributed by atoms with van der Waals surface area (Å²) in [5.41, 5.74) is 5.56. The van der Waals surface area contributed by atoms with Crippen LogP contribution in [0.2, 0.25) is 10.0 Å². The molecule has 0 saturated carbocycles. The van der Waals surface area contributed by atoms with Crippen LogP contribution in [0.25, 0.3) is 11.4 Å². The molecule has 11 heteroatoms. The third-order valence-electron chi connectivity index (χ3n) is 3.28. The summed E-state index contributed by atoms with van der Waals surface area (Å²) in [4.78, 5) is 24.7. The molecule has 27 heavy (non-hydrogen) atoms. The maximum absolute atomic E-state index is 11.9. The van der Waals surface area contributed by atoms with Crippen LogP contribution in [0.15, 0.2) is 48.5 Å². The quantitative estimate of drug-likeness (QED) is 0.576. The minimum atomic E-state index is -0.590. The first-order valence-corrected chi connectivity index (χ1v) is 8.41. The number of nitrogens with zero attached hydrogens (tertiary/aromatic N) is 4. The molecule has 1 aromatic heterocycles. The minimum absolute atomic E-state index is 0.227. The first-order valence-electron chi connectivity index (χ1n) is 7.66. The average molecular weight is 406 g/mol. The molecule has 0 bridgehead atoms. The number of nitrogens with one attached hydrogen (secondary N) is 3. The van der Waals surface area contributed by atoms with E-state index in [2.05, 4.69) is 31.6 Å². The van der Waals surface area contributed by atoms with Gasteiger partial charge in [-0.25, -0.2) is 10.2 Å². The molecular formula is C16H13Cl2N7O2. The third kappa shape index (κ3) is 4.93. The number of hydrogen-bond acceptors (Lipinski definition) is 5. The Morgan fingerprint density at radius 1 is 1.00 bits per heavy atom. The van der Waals surface area contributed by atoms with E-state index in [9.17, 15) is 9.59 Å². The van der Waals surface area contributed by atoms with Gasteiger partial charge in [0.1, 0.15) is 6.54 Å². The predicted octanol–water partition coefficient (Wildman–Crippen LogP) is 2.50. The van der Waals surface area contributed by atoms with Crippen molar-refractivity contribution in [2.24, 2.45) is 0 Å². The summed E-state index contributed by atoms with van der Waals surface area (Å²) in [6, 6.07) is 13.2. The smallest absolute Gasteiger partial charge is 0.307 e. The molecule has 3 N–H and O–H groups in total. The number of anilines is 1. The van der Waals surface area contributed by atoms with Gasteiger partial charge in [-0.1, -0.05) is 47.5 Å². The second-order valence-corrected chi connectivity index (χ2v) is 6.02. The van der Waals surface area contributed by atoms with Gasteiger partial charge in [0.25, 0.3) is 5.91 Å². The number of rotatable bonds is 4. The van der Waals surface area contributed by atoms with E-state index < -0.39 is 11.9 Å². The van der Waals surface area contributed by atoms with E-state index in [0.717, 1.165) is 4.80 Å². The zero-order valence-electron chi connectivity index (χ0n) is 13.7. The minimum Gasteiger partial charge on any atom is -0.307 e. The summed E-state index contributed by atoms with van der Waals surface area (Å²) in [6.07, 6.45) is 0. The standard InChI is InChI=1S/C16H13Cl2N7O2/c17-12-8-4-7-11(14(12)18)15-21-24-25(23-15)9-13(26)20-22-16(27)19-10-5-2-1-3-6-10/h1-8H,9H2,(H,20,26)(H2,19,22,27). The van der Waals surface area contributed by atoms with Crippen molar-refractivity contribution in [1.29, 1.82) is 0 Å². The van der Waals surface area contributed by atoms with Gasteiger partial charge in [0.15, 0.2) is 0 Å². The van der Waals surface area contributed by atoms with E-state index in [-0.39, 0.29) is 12.4 Å². The number of amides is 3. The first-order chi connectivity index (χ1) is 13.0. The number of halogens is 2. The van der Waals surface area contributed by atoms with Crippen LogP contribution in [0, 0.1) is 0 Å². The van der Waals surface area contributed by atoms with Crippen LogP contribution in [0.1, 0.15) is 0 Å². The Kier molecular flexibility index (Phi) is 5.84. The highest BCUT2D eigenvalue weighted by molar-refractivity contribution is 6.43. The highest BCUT2D eigenvalue weighted by Crippen LogP contribution is 2.31. The molecule has 0 aliphatic heterocycles. The highest BCUT2D eigenvalue weighted by atomic mass is 35.5. The number of hydrogen-bond donors (Lipinski definition) is 3. The normalized spacial score (nSPS) is 10.3. The van der Waals surface area contributed by atoms with Gasteiger partial charge in [0.05, 0.1) is 10.0 Å². The van der Waals surface area contributed by atoms with E-state index in [0.29, 0.717) is 21.3 Å². The van der Waals surface area contributed by atoms with Crippen LogP contribution in [0.3, 0.4) is 0 Å². The molecule has 3 rings (SSSR count). The monoisotopic (exact) mass is 405 g/mol. The van der Waals surface area contributed by atoms with Crippen molar-refractivity contribution in [2.75, 3.05) is 5.32 Å². The lowest BCUT2D eigenvalue weighted by Gasteiger charge is -2.08. The molecule has 0 spiro atoms. The summed E-state index contributed by atoms with van der Waals surface area (Å²) in [5, 5.41) is 14.9. The lowest BCUT2D eigenvalue weighted by Crippen LogP contribution is -2.45. The summed E-state index contributed by atoms with van der Waals surface area (Å²) < 4.78 is 0. The summed E-state index contributed by atoms with van der Waals surface area (Å²) >= 11 is 12.1. The summed E-state index contributed by atoms with van der Waals surface area (Å²) in [5.74, 6) is -0.315. The molecule has 138 valence electrons. The fraction of sp³-hybridized carbons (Fsp3) is 0.0625. The maximum Gasteiger partial charge on any atom is 0.337 e. The van der Waals surface area contributed by atoms with Crippen LogP contribution in [-0.2, 0) is 11.3 Å². The SMILES string of the molecule is O=C(Cn1nnc(-c2cccc(Cl)c2Cl)n1)NNC(=O)Nc1ccccc1. The van der Waals surface area contributed by atoms with Crippen LogP contribution >= 0.6 is 23.2 Å². The van der Waals surface area contributed by atoms with Gasteiger partial charge in [-0.3, -0.25) is 10.2 Å². The van der Waals surface area contributed by atoms with Crippen molar-refractivity contribution in [1.82, 2.24) is 31.1 Å². The summed E-state index contributed by atoms with van der Waals surface area (Å²) in [6.45, 7) is -0.253. The van der Waals surface area contributed by atoms with Crippen molar-refractivity contribution in [3.8, 4) is 11.4 Å². The molecule has 0 atom stereocenters. The first kappa shape index (κ1) is 18.6. The van der Waals surface area contributed by atoms with Gasteiger partial charge < -0.3 is 5.32 Å². The van der Waals surface area contributed by atoms with Gasteiger partial charge in [-0.2, -0.15) is 4.80 Å². The van der Waals surface area contributed by atoms with Crippen molar-refractivity contribution in [3.05, 3.63) is 58.6 Å². The van der Waals surface area contributed by atoms with Gasteiger partial charge in [0, 0.05) is 11.3 Å². The molecule has 1 heterocycles. The second kappa shape index (κ2) is 8.47. The number of urea groups is 1. The van der Waals surface area contributed by atoms with Crippen molar-refractivity contribution in [2.45, 2.75) is 6.54 Å². The van der Waals surface area contributed by atoms with E-state index in [1.807, 2.05) is 6.07 Å². The molecule has 3 amide bonds. The summed E-state index contributed by atoms with van der Waals surface area (Å²) in [7, 11) is 0. The Bertz CT molecular complexity index is 962. The van der Waals surface area contributed by atoms with Crippen molar-refractivity contribution in [3.63, 3.8) is 0 Å². The number of hydrazine groups is 1. The van der Waals surface area contributed by atoms with Crippen LogP contribution < -0.4 is 16.2 Å². The number of carbonyl (C=O) groups excluding carboxylic acids is 2. The van der Waals surface area contributed by atoms with E-state index in [1.165, 1.54) is 0 Å². The molecule has 0 radical (unpaired) electrons. The zero-order chi connectivity index (χ0) is 19.2. The zero-order valence-corrected chi connectivity index (χ0v) is 15.2. The number of tetrazole rings is 1. The lowest BCUT2D eigenvalue weighted by atomic mass is 10.2. The van der Waals surface area contributed by atoms with Crippen LogP contribution in [0.5, 0.6) is 0 Å². The molecule has 3 aromatic rings. The van der Waals surface area contributed by atoms with Gasteiger partial charge in [0.2, 0.25) is 5.82 Å². The van der Waals surface area contributed by atoms with Crippen LogP contribution in [-0.4, -0.2) is 32.1 Å². The molecule has 2 aromatic carbocycles. The Balaban J connectivity index is 1.53. The highest BCUT2D eigenvalue weighted by Gasteiger charge is 2.14. The van der Waals surface area contributed by atoms with Crippen molar-refractivity contribution < 1.29 is 9.59 Å². The molecule has 0 unspecified atom stereocenters. The number of carbonyl (C=O) groups is 2. The third-order valence-corrected chi connectivity index (χ3v) is 4.10. The molecule has 0 saturated heterocycles. The fourth-order valence-electron chi connectivity index (χ4n) is 2.07.